The maximum absolute atomic E-state index is 13.6. The molecule has 4 rings (SSSR count). The van der Waals surface area contributed by atoms with E-state index in [1.165, 1.54) is 10.6 Å². The SMILES string of the molecule is CC1CCC(C(=O)N2CCC(F)(F)C2)n2c1nn(Cc1ccc(C(F)(F)F)nc1)c2=O. The fourth-order valence-electron chi connectivity index (χ4n) is 4.06. The summed E-state index contributed by atoms with van der Waals surface area (Å²) in [6.07, 6.45) is -3.09. The van der Waals surface area contributed by atoms with Crippen LogP contribution < -0.4 is 5.69 Å². The summed E-state index contributed by atoms with van der Waals surface area (Å²) < 4.78 is 67.5. The molecule has 0 radical (unpaired) electrons. The number of alkyl halides is 5. The second-order valence-electron chi connectivity index (χ2n) is 8.08. The summed E-state index contributed by atoms with van der Waals surface area (Å²) in [5.41, 5.74) is -1.32. The molecular weight excluding hydrogens is 425 g/mol. The smallest absolute Gasteiger partial charge is 0.335 e. The Labute approximate surface area is 173 Å². The third-order valence-corrected chi connectivity index (χ3v) is 5.74. The Morgan fingerprint density at radius 2 is 2.00 bits per heavy atom. The van der Waals surface area contributed by atoms with Crippen LogP contribution >= 0.6 is 0 Å². The van der Waals surface area contributed by atoms with Crippen LogP contribution in [0.15, 0.2) is 23.1 Å². The molecule has 2 atom stereocenters. The molecular formula is C19H20F5N5O2. The summed E-state index contributed by atoms with van der Waals surface area (Å²) in [6, 6.07) is 1.10. The molecule has 7 nitrogen and oxygen atoms in total. The molecule has 1 saturated heterocycles. The summed E-state index contributed by atoms with van der Waals surface area (Å²) in [7, 11) is 0. The van der Waals surface area contributed by atoms with E-state index in [2.05, 4.69) is 10.1 Å². The number of halogens is 5. The van der Waals surface area contributed by atoms with Gasteiger partial charge in [-0.2, -0.15) is 18.3 Å². The van der Waals surface area contributed by atoms with E-state index >= 15 is 0 Å². The predicted molar refractivity (Wildman–Crippen MR) is 97.7 cm³/mol. The van der Waals surface area contributed by atoms with Crippen molar-refractivity contribution in [2.75, 3.05) is 13.1 Å². The van der Waals surface area contributed by atoms with E-state index in [9.17, 15) is 31.5 Å². The number of carbonyl (C=O) groups excluding carboxylic acids is 1. The second kappa shape index (κ2) is 7.41. The number of amides is 1. The van der Waals surface area contributed by atoms with Gasteiger partial charge in [0.15, 0.2) is 0 Å². The third-order valence-electron chi connectivity index (χ3n) is 5.74. The standard InChI is InChI=1S/C19H20F5N5O2/c1-11-2-4-13(16(30)27-7-6-18(20,21)10-27)29-15(11)26-28(17(29)31)9-12-3-5-14(25-8-12)19(22,23)24/h3,5,8,11,13H,2,4,6-7,9-10H2,1H3. The normalized spacial score (nSPS) is 23.1. The highest BCUT2D eigenvalue weighted by Gasteiger charge is 2.44. The van der Waals surface area contributed by atoms with Crippen molar-refractivity contribution in [3.63, 3.8) is 0 Å². The summed E-state index contributed by atoms with van der Waals surface area (Å²) >= 11 is 0. The van der Waals surface area contributed by atoms with E-state index < -0.39 is 48.4 Å². The molecule has 1 fully saturated rings. The van der Waals surface area contributed by atoms with Gasteiger partial charge in [-0.15, -0.1) is 0 Å². The van der Waals surface area contributed by atoms with Crippen LogP contribution in [0.3, 0.4) is 0 Å². The molecule has 2 aromatic rings. The van der Waals surface area contributed by atoms with Gasteiger partial charge in [-0.1, -0.05) is 13.0 Å². The van der Waals surface area contributed by atoms with Crippen LogP contribution in [0.2, 0.25) is 0 Å². The number of pyridine rings is 1. The molecule has 31 heavy (non-hydrogen) atoms. The van der Waals surface area contributed by atoms with Crippen LogP contribution in [0.5, 0.6) is 0 Å². The summed E-state index contributed by atoms with van der Waals surface area (Å²) in [6.45, 7) is 0.965. The molecule has 0 spiro atoms. The number of nitrogens with zero attached hydrogens (tertiary/aromatic N) is 5. The maximum atomic E-state index is 13.6. The monoisotopic (exact) mass is 445 g/mol. The number of rotatable bonds is 3. The van der Waals surface area contributed by atoms with Crippen LogP contribution in [0.4, 0.5) is 22.0 Å². The summed E-state index contributed by atoms with van der Waals surface area (Å²) in [4.78, 5) is 30.3. The van der Waals surface area contributed by atoms with E-state index in [-0.39, 0.29) is 19.0 Å². The van der Waals surface area contributed by atoms with Crippen molar-refractivity contribution in [1.29, 1.82) is 0 Å². The first-order valence-corrected chi connectivity index (χ1v) is 9.84. The number of hydrogen-bond acceptors (Lipinski definition) is 4. The van der Waals surface area contributed by atoms with Gasteiger partial charge >= 0.3 is 11.9 Å². The average Bonchev–Trinajstić information content (AvgIpc) is 3.22. The molecule has 4 heterocycles. The molecule has 2 unspecified atom stereocenters. The van der Waals surface area contributed by atoms with Crippen molar-refractivity contribution in [2.24, 2.45) is 0 Å². The second-order valence-corrected chi connectivity index (χ2v) is 8.08. The van der Waals surface area contributed by atoms with E-state index in [1.807, 2.05) is 6.92 Å². The minimum atomic E-state index is -4.57. The highest BCUT2D eigenvalue weighted by Crippen LogP contribution is 2.34. The van der Waals surface area contributed by atoms with Crippen molar-refractivity contribution in [3.8, 4) is 0 Å². The van der Waals surface area contributed by atoms with Crippen LogP contribution in [-0.4, -0.2) is 49.2 Å². The Morgan fingerprint density at radius 1 is 1.26 bits per heavy atom. The maximum Gasteiger partial charge on any atom is 0.433 e. The van der Waals surface area contributed by atoms with Crippen molar-refractivity contribution in [3.05, 3.63) is 45.9 Å². The Hall–Kier alpha value is -2.79. The molecule has 2 aliphatic heterocycles. The summed E-state index contributed by atoms with van der Waals surface area (Å²) in [5, 5.41) is 4.28. The molecule has 1 amide bonds. The van der Waals surface area contributed by atoms with Crippen LogP contribution in [-0.2, 0) is 17.5 Å². The number of fused-ring (bicyclic) bond motifs is 1. The van der Waals surface area contributed by atoms with Gasteiger partial charge in [0.05, 0.1) is 13.1 Å². The van der Waals surface area contributed by atoms with Gasteiger partial charge < -0.3 is 4.90 Å². The molecule has 0 aromatic carbocycles. The highest BCUT2D eigenvalue weighted by molar-refractivity contribution is 5.81. The Bertz CT molecular complexity index is 1040. The topological polar surface area (TPSA) is 73.0 Å². The summed E-state index contributed by atoms with van der Waals surface area (Å²) in [5.74, 6) is -3.25. The van der Waals surface area contributed by atoms with Crippen LogP contribution in [0.1, 0.15) is 55.2 Å². The molecule has 2 aliphatic rings. The third kappa shape index (κ3) is 4.07. The Kier molecular flexibility index (Phi) is 5.13. The van der Waals surface area contributed by atoms with Gasteiger partial charge in [0.2, 0.25) is 5.91 Å². The van der Waals surface area contributed by atoms with Gasteiger partial charge in [0, 0.05) is 25.1 Å². The van der Waals surface area contributed by atoms with Crippen molar-refractivity contribution < 1.29 is 26.7 Å². The van der Waals surface area contributed by atoms with Crippen molar-refractivity contribution in [2.45, 2.75) is 56.8 Å². The lowest BCUT2D eigenvalue weighted by Gasteiger charge is -2.29. The molecule has 168 valence electrons. The van der Waals surface area contributed by atoms with Crippen LogP contribution in [0.25, 0.3) is 0 Å². The molecule has 0 aliphatic carbocycles. The predicted octanol–water partition coefficient (Wildman–Crippen LogP) is 2.81. The first-order chi connectivity index (χ1) is 14.5. The highest BCUT2D eigenvalue weighted by atomic mass is 19.4. The Morgan fingerprint density at radius 3 is 2.58 bits per heavy atom. The lowest BCUT2D eigenvalue weighted by molar-refractivity contribution is -0.141. The molecule has 0 saturated carbocycles. The molecule has 2 aromatic heterocycles. The van der Waals surface area contributed by atoms with Gasteiger partial charge in [0.1, 0.15) is 17.6 Å². The number of likely N-dealkylation sites (tertiary alicyclic amines) is 1. The van der Waals surface area contributed by atoms with Crippen molar-refractivity contribution >= 4 is 5.91 Å². The molecule has 0 N–H and O–H groups in total. The van der Waals surface area contributed by atoms with Crippen molar-refractivity contribution in [1.82, 2.24) is 24.2 Å². The lowest BCUT2D eigenvalue weighted by Crippen LogP contribution is -2.42. The number of hydrogen-bond donors (Lipinski definition) is 0. The zero-order valence-electron chi connectivity index (χ0n) is 16.6. The fraction of sp³-hybridized carbons (Fsp3) is 0.579. The van der Waals surface area contributed by atoms with E-state index in [0.717, 1.165) is 21.8 Å². The van der Waals surface area contributed by atoms with Gasteiger partial charge in [-0.3, -0.25) is 14.3 Å². The quantitative estimate of drug-likeness (QED) is 0.682. The fourth-order valence-corrected chi connectivity index (χ4v) is 4.06. The molecule has 12 heteroatoms. The molecule has 0 bridgehead atoms. The van der Waals surface area contributed by atoms with E-state index in [0.29, 0.717) is 24.2 Å². The van der Waals surface area contributed by atoms with E-state index in [4.69, 9.17) is 0 Å². The minimum Gasteiger partial charge on any atom is -0.335 e. The van der Waals surface area contributed by atoms with Gasteiger partial charge in [-0.25, -0.2) is 18.3 Å². The zero-order chi connectivity index (χ0) is 22.6. The average molecular weight is 445 g/mol. The van der Waals surface area contributed by atoms with E-state index in [1.54, 1.807) is 0 Å². The number of aromatic nitrogens is 4. The van der Waals surface area contributed by atoms with Gasteiger partial charge in [-0.05, 0) is 24.5 Å². The largest absolute Gasteiger partial charge is 0.433 e. The number of carbonyl (C=O) groups is 1. The lowest BCUT2D eigenvalue weighted by atomic mass is 9.95. The first-order valence-electron chi connectivity index (χ1n) is 9.84. The zero-order valence-corrected chi connectivity index (χ0v) is 16.6. The Balaban J connectivity index is 1.61. The minimum absolute atomic E-state index is 0.0761. The van der Waals surface area contributed by atoms with Crippen LogP contribution in [0, 0.1) is 0 Å². The first kappa shape index (κ1) is 21.4. The van der Waals surface area contributed by atoms with Gasteiger partial charge in [0.25, 0.3) is 5.92 Å².